The molecule has 1 aromatic rings. The minimum Gasteiger partial charge on any atom is -0.465 e. The molecular weight excluding hydrogens is 278 g/mol. The van der Waals surface area contributed by atoms with E-state index < -0.39 is 0 Å². The van der Waals surface area contributed by atoms with Gasteiger partial charge in [-0.05, 0) is 26.0 Å². The van der Waals surface area contributed by atoms with Crippen LogP contribution in [0, 0.1) is 6.92 Å². The second-order valence-corrected chi connectivity index (χ2v) is 5.65. The third-order valence-electron chi connectivity index (χ3n) is 3.85. The molecule has 1 heterocycles. The fourth-order valence-electron chi connectivity index (χ4n) is 2.57. The van der Waals surface area contributed by atoms with Crippen molar-refractivity contribution in [2.75, 3.05) is 32.8 Å². The largest absolute Gasteiger partial charge is 0.465 e. The summed E-state index contributed by atoms with van der Waals surface area (Å²) in [5, 5.41) is 2.76. The van der Waals surface area contributed by atoms with E-state index in [2.05, 4.69) is 10.3 Å². The van der Waals surface area contributed by atoms with Crippen molar-refractivity contribution >= 4 is 11.9 Å². The zero-order valence-electron chi connectivity index (χ0n) is 13.5. The quantitative estimate of drug-likeness (QED) is 0.624. The van der Waals surface area contributed by atoms with E-state index in [4.69, 9.17) is 4.74 Å². The molecule has 22 heavy (non-hydrogen) atoms. The van der Waals surface area contributed by atoms with Gasteiger partial charge in [0, 0.05) is 18.4 Å². The molecule has 0 radical (unpaired) electrons. The lowest BCUT2D eigenvalue weighted by molar-refractivity contribution is -0.885. The van der Waals surface area contributed by atoms with E-state index in [-0.39, 0.29) is 5.91 Å². The third kappa shape index (κ3) is 5.15. The maximum Gasteiger partial charge on any atom is 0.291 e. The van der Waals surface area contributed by atoms with Gasteiger partial charge in [0.05, 0.1) is 32.8 Å². The standard InChI is InChI=1S/C17H25N3O2/c1-3-22-17(18-10-13-20-11-4-5-12-20)19-16(21)15-8-6-14(2)7-9-15/h6-9H,3-5,10-13H2,1-2H3,(H,18,19,21)/p+1. The third-order valence-corrected chi connectivity index (χ3v) is 3.85. The molecule has 2 rings (SSSR count). The fourth-order valence-corrected chi connectivity index (χ4v) is 2.57. The van der Waals surface area contributed by atoms with Crippen molar-refractivity contribution in [1.82, 2.24) is 5.32 Å². The molecule has 5 nitrogen and oxygen atoms in total. The van der Waals surface area contributed by atoms with Crippen LogP contribution >= 0.6 is 0 Å². The number of likely N-dealkylation sites (tertiary alicyclic amines) is 1. The van der Waals surface area contributed by atoms with Crippen molar-refractivity contribution in [3.8, 4) is 0 Å². The van der Waals surface area contributed by atoms with E-state index >= 15 is 0 Å². The van der Waals surface area contributed by atoms with E-state index in [1.54, 1.807) is 4.90 Å². The molecule has 2 N–H and O–H groups in total. The van der Waals surface area contributed by atoms with Gasteiger partial charge in [-0.1, -0.05) is 17.7 Å². The second-order valence-electron chi connectivity index (χ2n) is 5.65. The number of carbonyl (C=O) groups excluding carboxylic acids is 1. The first-order valence-corrected chi connectivity index (χ1v) is 8.08. The van der Waals surface area contributed by atoms with Crippen molar-refractivity contribution in [3.63, 3.8) is 0 Å². The summed E-state index contributed by atoms with van der Waals surface area (Å²) in [6, 6.07) is 7.78. The highest BCUT2D eigenvalue weighted by Crippen LogP contribution is 2.02. The molecule has 1 fully saturated rings. The Labute approximate surface area is 132 Å². The molecule has 0 aliphatic carbocycles. The van der Waals surface area contributed by atoms with Crippen molar-refractivity contribution in [2.45, 2.75) is 26.7 Å². The van der Waals surface area contributed by atoms with Gasteiger partial charge in [0.2, 0.25) is 0 Å². The average molecular weight is 304 g/mol. The number of carbonyl (C=O) groups is 1. The predicted octanol–water partition coefficient (Wildman–Crippen LogP) is 0.796. The van der Waals surface area contributed by atoms with E-state index in [1.807, 2.05) is 38.1 Å². The number of aliphatic imine (C=N–C) groups is 1. The molecular formula is C17H26N3O2+. The van der Waals surface area contributed by atoms with Gasteiger partial charge in [0.1, 0.15) is 0 Å². The summed E-state index contributed by atoms with van der Waals surface area (Å²) in [6.45, 7) is 8.51. The van der Waals surface area contributed by atoms with Crippen LogP contribution in [0.15, 0.2) is 29.3 Å². The normalized spacial score (nSPS) is 15.8. The van der Waals surface area contributed by atoms with Gasteiger partial charge in [-0.3, -0.25) is 10.1 Å². The molecule has 1 aliphatic heterocycles. The van der Waals surface area contributed by atoms with Crippen molar-refractivity contribution in [2.24, 2.45) is 4.99 Å². The number of quaternary nitrogens is 1. The zero-order chi connectivity index (χ0) is 15.8. The lowest BCUT2D eigenvalue weighted by Gasteiger charge is -2.12. The number of nitrogens with zero attached hydrogens (tertiary/aromatic N) is 1. The van der Waals surface area contributed by atoms with Gasteiger partial charge in [-0.15, -0.1) is 0 Å². The molecule has 1 amide bonds. The average Bonchev–Trinajstić information content (AvgIpc) is 3.01. The minimum atomic E-state index is -0.180. The molecule has 0 bridgehead atoms. The van der Waals surface area contributed by atoms with E-state index in [0.29, 0.717) is 24.7 Å². The summed E-state index contributed by atoms with van der Waals surface area (Å²) < 4.78 is 5.43. The Kier molecular flexibility index (Phi) is 6.40. The summed E-state index contributed by atoms with van der Waals surface area (Å²) in [5.41, 5.74) is 1.74. The smallest absolute Gasteiger partial charge is 0.291 e. The molecule has 0 spiro atoms. The Bertz CT molecular complexity index is 505. The number of benzene rings is 1. The summed E-state index contributed by atoms with van der Waals surface area (Å²) in [6.07, 6.45) is 2.61. The zero-order valence-corrected chi connectivity index (χ0v) is 13.5. The Hall–Kier alpha value is -1.88. The Morgan fingerprint density at radius 1 is 1.27 bits per heavy atom. The van der Waals surface area contributed by atoms with E-state index in [9.17, 15) is 4.79 Å². The summed E-state index contributed by atoms with van der Waals surface area (Å²) in [4.78, 5) is 18.2. The van der Waals surface area contributed by atoms with Crippen molar-refractivity contribution in [1.29, 1.82) is 0 Å². The second kappa shape index (κ2) is 8.54. The molecule has 0 saturated carbocycles. The lowest BCUT2D eigenvalue weighted by Crippen LogP contribution is -3.10. The Balaban J connectivity index is 1.88. The van der Waals surface area contributed by atoms with Crippen LogP contribution in [0.2, 0.25) is 0 Å². The maximum atomic E-state index is 12.2. The van der Waals surface area contributed by atoms with Crippen LogP contribution in [0.25, 0.3) is 0 Å². The highest BCUT2D eigenvalue weighted by molar-refractivity contribution is 6.04. The fraction of sp³-hybridized carbons (Fsp3) is 0.529. The summed E-state index contributed by atoms with van der Waals surface area (Å²) >= 11 is 0. The monoisotopic (exact) mass is 304 g/mol. The van der Waals surface area contributed by atoms with Crippen LogP contribution in [-0.4, -0.2) is 44.7 Å². The number of hydrogen-bond donors (Lipinski definition) is 2. The highest BCUT2D eigenvalue weighted by atomic mass is 16.5. The van der Waals surface area contributed by atoms with Crippen LogP contribution in [-0.2, 0) is 4.74 Å². The minimum absolute atomic E-state index is 0.180. The van der Waals surface area contributed by atoms with Gasteiger partial charge >= 0.3 is 0 Å². The van der Waals surface area contributed by atoms with Crippen LogP contribution in [0.3, 0.4) is 0 Å². The van der Waals surface area contributed by atoms with Crippen LogP contribution in [0.1, 0.15) is 35.7 Å². The number of ether oxygens (including phenoxy) is 1. The predicted molar refractivity (Wildman–Crippen MR) is 87.4 cm³/mol. The Morgan fingerprint density at radius 2 is 1.95 bits per heavy atom. The van der Waals surface area contributed by atoms with E-state index in [0.717, 1.165) is 12.1 Å². The molecule has 0 atom stereocenters. The van der Waals surface area contributed by atoms with Crippen molar-refractivity contribution < 1.29 is 14.4 Å². The molecule has 0 unspecified atom stereocenters. The molecule has 120 valence electrons. The summed E-state index contributed by atoms with van der Waals surface area (Å²) in [7, 11) is 0. The lowest BCUT2D eigenvalue weighted by atomic mass is 10.1. The topological polar surface area (TPSA) is 55.1 Å². The molecule has 1 aromatic carbocycles. The summed E-state index contributed by atoms with van der Waals surface area (Å²) in [5.74, 6) is -0.180. The Morgan fingerprint density at radius 3 is 2.59 bits per heavy atom. The number of aryl methyl sites for hydroxylation is 1. The number of amidine groups is 1. The van der Waals surface area contributed by atoms with Crippen molar-refractivity contribution in [3.05, 3.63) is 35.4 Å². The first-order valence-electron chi connectivity index (χ1n) is 8.08. The molecule has 1 saturated heterocycles. The molecule has 0 aromatic heterocycles. The molecule has 1 aliphatic rings. The number of hydrogen-bond acceptors (Lipinski definition) is 3. The number of nitrogens with one attached hydrogen (secondary N) is 2. The SMILES string of the molecule is CCOC(=NCC[NH+]1CCCC1)NC(=O)c1ccc(C)cc1. The van der Waals surface area contributed by atoms with E-state index in [1.165, 1.54) is 25.9 Å². The first-order chi connectivity index (χ1) is 10.7. The maximum absolute atomic E-state index is 12.2. The first kappa shape index (κ1) is 16.5. The van der Waals surface area contributed by atoms with Gasteiger partial charge in [0.25, 0.3) is 11.9 Å². The van der Waals surface area contributed by atoms with Gasteiger partial charge in [-0.2, -0.15) is 0 Å². The van der Waals surface area contributed by atoms with Crippen LogP contribution < -0.4 is 10.2 Å². The van der Waals surface area contributed by atoms with Gasteiger partial charge < -0.3 is 9.64 Å². The van der Waals surface area contributed by atoms with Gasteiger partial charge in [0.15, 0.2) is 0 Å². The highest BCUT2D eigenvalue weighted by Gasteiger charge is 2.15. The number of amides is 1. The van der Waals surface area contributed by atoms with Crippen LogP contribution in [0.4, 0.5) is 0 Å². The molecule has 5 heteroatoms. The number of rotatable bonds is 5. The van der Waals surface area contributed by atoms with Crippen LogP contribution in [0.5, 0.6) is 0 Å². The van der Waals surface area contributed by atoms with Gasteiger partial charge in [-0.25, -0.2) is 4.99 Å².